The molecule has 0 radical (unpaired) electrons. The molecule has 0 saturated carbocycles. The van der Waals surface area contributed by atoms with Gasteiger partial charge >= 0.3 is 0 Å². The first-order valence-corrected chi connectivity index (χ1v) is 6.34. The molecule has 4 heteroatoms. The number of hydrogen-bond donors (Lipinski definition) is 1. The predicted octanol–water partition coefficient (Wildman–Crippen LogP) is 1.55. The van der Waals surface area contributed by atoms with E-state index < -0.39 is 0 Å². The van der Waals surface area contributed by atoms with Gasteiger partial charge in [0, 0.05) is 49.9 Å². The molecule has 0 spiro atoms. The summed E-state index contributed by atoms with van der Waals surface area (Å²) in [7, 11) is 0. The molecule has 17 heavy (non-hydrogen) atoms. The number of anilines is 1. The van der Waals surface area contributed by atoms with Crippen LogP contribution in [-0.2, 0) is 11.3 Å². The van der Waals surface area contributed by atoms with Crippen LogP contribution in [0.4, 0.5) is 5.69 Å². The standard InChI is InChI=1S/C13H21N3O/c1-2-17-12-4-7-16(8-5-12)13-3-6-15-10-11(13)9-14/h3,6,10,12H,2,4-5,7-9,14H2,1H3. The lowest BCUT2D eigenvalue weighted by atomic mass is 10.1. The van der Waals surface area contributed by atoms with Gasteiger partial charge in [0.1, 0.15) is 0 Å². The zero-order valence-electron chi connectivity index (χ0n) is 10.4. The van der Waals surface area contributed by atoms with Crippen molar-refractivity contribution < 1.29 is 4.74 Å². The van der Waals surface area contributed by atoms with Crippen LogP contribution in [0, 0.1) is 0 Å². The molecule has 1 saturated heterocycles. The number of piperidine rings is 1. The Labute approximate surface area is 103 Å². The number of hydrogen-bond acceptors (Lipinski definition) is 4. The average Bonchev–Trinajstić information content (AvgIpc) is 2.40. The van der Waals surface area contributed by atoms with Crippen molar-refractivity contribution in [3.8, 4) is 0 Å². The molecule has 1 aromatic rings. The van der Waals surface area contributed by atoms with Gasteiger partial charge in [0.2, 0.25) is 0 Å². The van der Waals surface area contributed by atoms with E-state index in [1.807, 2.05) is 12.4 Å². The quantitative estimate of drug-likeness (QED) is 0.860. The van der Waals surface area contributed by atoms with Gasteiger partial charge < -0.3 is 15.4 Å². The Bertz CT molecular complexity index is 348. The summed E-state index contributed by atoms with van der Waals surface area (Å²) >= 11 is 0. The molecule has 1 aliphatic rings. The van der Waals surface area contributed by atoms with Crippen LogP contribution in [0.2, 0.25) is 0 Å². The Kier molecular flexibility index (Phi) is 4.34. The van der Waals surface area contributed by atoms with E-state index in [1.165, 1.54) is 5.69 Å². The predicted molar refractivity (Wildman–Crippen MR) is 69.0 cm³/mol. The minimum Gasteiger partial charge on any atom is -0.378 e. The lowest BCUT2D eigenvalue weighted by Crippen LogP contribution is -2.37. The fraction of sp³-hybridized carbons (Fsp3) is 0.615. The Morgan fingerprint density at radius 2 is 2.24 bits per heavy atom. The lowest BCUT2D eigenvalue weighted by Gasteiger charge is -2.34. The molecule has 0 amide bonds. The molecule has 94 valence electrons. The third-order valence-corrected chi connectivity index (χ3v) is 3.28. The van der Waals surface area contributed by atoms with Gasteiger partial charge in [0.15, 0.2) is 0 Å². The zero-order chi connectivity index (χ0) is 12.1. The van der Waals surface area contributed by atoms with Crippen molar-refractivity contribution in [2.75, 3.05) is 24.6 Å². The number of nitrogens with zero attached hydrogens (tertiary/aromatic N) is 2. The topological polar surface area (TPSA) is 51.4 Å². The summed E-state index contributed by atoms with van der Waals surface area (Å²) in [6, 6.07) is 2.06. The molecule has 2 heterocycles. The third kappa shape index (κ3) is 2.96. The zero-order valence-corrected chi connectivity index (χ0v) is 10.4. The number of nitrogens with two attached hydrogens (primary N) is 1. The van der Waals surface area contributed by atoms with Crippen LogP contribution in [0.5, 0.6) is 0 Å². The van der Waals surface area contributed by atoms with E-state index in [4.69, 9.17) is 10.5 Å². The summed E-state index contributed by atoms with van der Waals surface area (Å²) in [6.45, 7) is 5.51. The molecule has 1 aliphatic heterocycles. The van der Waals surface area contributed by atoms with Crippen molar-refractivity contribution >= 4 is 5.69 Å². The summed E-state index contributed by atoms with van der Waals surface area (Å²) in [5.41, 5.74) is 8.10. The first-order chi connectivity index (χ1) is 8.35. The Balaban J connectivity index is 2.00. The van der Waals surface area contributed by atoms with Crippen molar-refractivity contribution in [1.82, 2.24) is 4.98 Å². The maximum Gasteiger partial charge on any atom is 0.0608 e. The van der Waals surface area contributed by atoms with Gasteiger partial charge in [-0.3, -0.25) is 4.98 Å². The molecular weight excluding hydrogens is 214 g/mol. The highest BCUT2D eigenvalue weighted by Gasteiger charge is 2.20. The van der Waals surface area contributed by atoms with Crippen molar-refractivity contribution in [3.05, 3.63) is 24.0 Å². The van der Waals surface area contributed by atoms with Gasteiger partial charge in [0.25, 0.3) is 0 Å². The molecule has 0 aromatic carbocycles. The summed E-state index contributed by atoms with van der Waals surface area (Å²) in [5.74, 6) is 0. The maximum absolute atomic E-state index is 5.74. The van der Waals surface area contributed by atoms with Crippen LogP contribution in [0.1, 0.15) is 25.3 Å². The van der Waals surface area contributed by atoms with Crippen molar-refractivity contribution in [3.63, 3.8) is 0 Å². The fourth-order valence-corrected chi connectivity index (χ4v) is 2.38. The molecule has 2 N–H and O–H groups in total. The summed E-state index contributed by atoms with van der Waals surface area (Å²) in [6.07, 6.45) is 6.33. The first kappa shape index (κ1) is 12.3. The number of ether oxygens (including phenoxy) is 1. The van der Waals surface area contributed by atoms with Crippen LogP contribution in [0.3, 0.4) is 0 Å². The maximum atomic E-state index is 5.74. The molecular formula is C13H21N3O. The smallest absolute Gasteiger partial charge is 0.0608 e. The number of aromatic nitrogens is 1. The summed E-state index contributed by atoms with van der Waals surface area (Å²) in [4.78, 5) is 6.51. The van der Waals surface area contributed by atoms with Crippen LogP contribution in [-0.4, -0.2) is 30.8 Å². The highest BCUT2D eigenvalue weighted by Crippen LogP contribution is 2.24. The second kappa shape index (κ2) is 5.98. The van der Waals surface area contributed by atoms with Crippen LogP contribution in [0.25, 0.3) is 0 Å². The highest BCUT2D eigenvalue weighted by molar-refractivity contribution is 5.52. The highest BCUT2D eigenvalue weighted by atomic mass is 16.5. The Morgan fingerprint density at radius 3 is 2.88 bits per heavy atom. The van der Waals surface area contributed by atoms with E-state index in [0.29, 0.717) is 12.6 Å². The van der Waals surface area contributed by atoms with E-state index >= 15 is 0 Å². The first-order valence-electron chi connectivity index (χ1n) is 6.34. The minimum absolute atomic E-state index is 0.430. The number of pyridine rings is 1. The van der Waals surface area contributed by atoms with E-state index in [2.05, 4.69) is 22.9 Å². The Morgan fingerprint density at radius 1 is 1.47 bits per heavy atom. The average molecular weight is 235 g/mol. The molecule has 0 unspecified atom stereocenters. The second-order valence-electron chi connectivity index (χ2n) is 4.35. The summed E-state index contributed by atoms with van der Waals surface area (Å²) < 4.78 is 5.66. The van der Waals surface area contributed by atoms with Crippen molar-refractivity contribution in [2.45, 2.75) is 32.4 Å². The van der Waals surface area contributed by atoms with Crippen LogP contribution in [0.15, 0.2) is 18.5 Å². The second-order valence-corrected chi connectivity index (χ2v) is 4.35. The van der Waals surface area contributed by atoms with Gasteiger partial charge in [-0.25, -0.2) is 0 Å². The lowest BCUT2D eigenvalue weighted by molar-refractivity contribution is 0.0459. The van der Waals surface area contributed by atoms with Gasteiger partial charge in [-0.1, -0.05) is 0 Å². The third-order valence-electron chi connectivity index (χ3n) is 3.28. The van der Waals surface area contributed by atoms with Gasteiger partial charge in [0.05, 0.1) is 6.10 Å². The van der Waals surface area contributed by atoms with E-state index in [9.17, 15) is 0 Å². The molecule has 0 aliphatic carbocycles. The van der Waals surface area contributed by atoms with Gasteiger partial charge in [-0.15, -0.1) is 0 Å². The minimum atomic E-state index is 0.430. The van der Waals surface area contributed by atoms with Crippen LogP contribution < -0.4 is 10.6 Å². The largest absolute Gasteiger partial charge is 0.378 e. The SMILES string of the molecule is CCOC1CCN(c2ccncc2CN)CC1. The van der Waals surface area contributed by atoms with Gasteiger partial charge in [-0.2, -0.15) is 0 Å². The Hall–Kier alpha value is -1.13. The molecule has 1 fully saturated rings. The fourth-order valence-electron chi connectivity index (χ4n) is 2.38. The van der Waals surface area contributed by atoms with Crippen molar-refractivity contribution in [1.29, 1.82) is 0 Å². The number of rotatable bonds is 4. The van der Waals surface area contributed by atoms with Crippen molar-refractivity contribution in [2.24, 2.45) is 5.73 Å². The monoisotopic (exact) mass is 235 g/mol. The van der Waals surface area contributed by atoms with E-state index in [-0.39, 0.29) is 0 Å². The van der Waals surface area contributed by atoms with E-state index in [1.54, 1.807) is 0 Å². The van der Waals surface area contributed by atoms with Crippen LogP contribution >= 0.6 is 0 Å². The molecule has 1 aromatic heterocycles. The summed E-state index contributed by atoms with van der Waals surface area (Å²) in [5, 5.41) is 0. The molecule has 0 atom stereocenters. The van der Waals surface area contributed by atoms with Gasteiger partial charge in [-0.05, 0) is 25.8 Å². The normalized spacial score (nSPS) is 17.4. The molecule has 2 rings (SSSR count). The van der Waals surface area contributed by atoms with E-state index in [0.717, 1.165) is 38.1 Å². The molecule has 4 nitrogen and oxygen atoms in total. The molecule has 0 bridgehead atoms.